The number of fused-ring (bicyclic) bond motifs is 3. The van der Waals surface area contributed by atoms with Gasteiger partial charge in [0.15, 0.2) is 6.29 Å². The SMILES string of the molecule is CCC[C@@H]1CC(O)Oc2c1c(=O)oc1ccccc21. The number of ether oxygens (including phenoxy) is 1. The van der Waals surface area contributed by atoms with Crippen molar-refractivity contribution in [3.05, 3.63) is 40.2 Å². The third kappa shape index (κ3) is 2.02. The van der Waals surface area contributed by atoms with Gasteiger partial charge in [0.25, 0.3) is 0 Å². The second-order valence-corrected chi connectivity index (χ2v) is 4.92. The summed E-state index contributed by atoms with van der Waals surface area (Å²) < 4.78 is 10.9. The van der Waals surface area contributed by atoms with Crippen molar-refractivity contribution < 1.29 is 14.3 Å². The van der Waals surface area contributed by atoms with Gasteiger partial charge >= 0.3 is 5.63 Å². The zero-order chi connectivity index (χ0) is 13.4. The minimum absolute atomic E-state index is 0.00426. The van der Waals surface area contributed by atoms with Gasteiger partial charge in [-0.1, -0.05) is 25.5 Å². The highest BCUT2D eigenvalue weighted by molar-refractivity contribution is 5.84. The van der Waals surface area contributed by atoms with Gasteiger partial charge in [0, 0.05) is 12.3 Å². The molecule has 1 aromatic carbocycles. The molecule has 19 heavy (non-hydrogen) atoms. The summed E-state index contributed by atoms with van der Waals surface area (Å²) in [5, 5.41) is 10.6. The molecule has 100 valence electrons. The lowest BCUT2D eigenvalue weighted by Crippen LogP contribution is -2.29. The van der Waals surface area contributed by atoms with Crippen molar-refractivity contribution in [1.29, 1.82) is 0 Å². The lowest BCUT2D eigenvalue weighted by atomic mass is 9.89. The van der Waals surface area contributed by atoms with E-state index in [9.17, 15) is 9.90 Å². The second kappa shape index (κ2) is 4.70. The Balaban J connectivity index is 2.27. The minimum atomic E-state index is -0.853. The van der Waals surface area contributed by atoms with Crippen molar-refractivity contribution in [2.45, 2.75) is 38.4 Å². The van der Waals surface area contributed by atoms with Crippen LogP contribution in [-0.2, 0) is 0 Å². The molecule has 4 nitrogen and oxygen atoms in total. The van der Waals surface area contributed by atoms with E-state index in [-0.39, 0.29) is 11.5 Å². The van der Waals surface area contributed by atoms with Gasteiger partial charge in [0.1, 0.15) is 11.3 Å². The lowest BCUT2D eigenvalue weighted by molar-refractivity contribution is -0.0393. The first-order valence-corrected chi connectivity index (χ1v) is 6.61. The third-order valence-electron chi connectivity index (χ3n) is 3.58. The van der Waals surface area contributed by atoms with E-state index >= 15 is 0 Å². The molecule has 2 aromatic rings. The Morgan fingerprint density at radius 1 is 1.37 bits per heavy atom. The van der Waals surface area contributed by atoms with Crippen molar-refractivity contribution in [2.75, 3.05) is 0 Å². The van der Waals surface area contributed by atoms with Crippen LogP contribution in [0.25, 0.3) is 11.0 Å². The maximum atomic E-state index is 12.1. The molecular weight excluding hydrogens is 244 g/mol. The Kier molecular flexibility index (Phi) is 3.03. The van der Waals surface area contributed by atoms with E-state index in [1.807, 2.05) is 12.1 Å². The molecule has 0 saturated carbocycles. The highest BCUT2D eigenvalue weighted by Gasteiger charge is 2.31. The van der Waals surface area contributed by atoms with Crippen LogP contribution in [0.1, 0.15) is 37.7 Å². The van der Waals surface area contributed by atoms with E-state index in [1.54, 1.807) is 12.1 Å². The molecule has 0 aliphatic carbocycles. The summed E-state index contributed by atoms with van der Waals surface area (Å²) in [5.74, 6) is 0.494. The molecule has 0 saturated heterocycles. The monoisotopic (exact) mass is 260 g/mol. The molecular formula is C15H16O4. The molecule has 1 aliphatic heterocycles. The number of hydrogen-bond acceptors (Lipinski definition) is 4. The predicted octanol–water partition coefficient (Wildman–Crippen LogP) is 2.78. The van der Waals surface area contributed by atoms with Gasteiger partial charge in [-0.15, -0.1) is 0 Å². The minimum Gasteiger partial charge on any atom is -0.464 e. The number of rotatable bonds is 2. The van der Waals surface area contributed by atoms with Crippen molar-refractivity contribution in [1.82, 2.24) is 0 Å². The van der Waals surface area contributed by atoms with Gasteiger partial charge < -0.3 is 14.3 Å². The molecule has 0 fully saturated rings. The number of hydrogen-bond donors (Lipinski definition) is 1. The number of aliphatic hydroxyl groups excluding tert-OH is 1. The Bertz CT molecular complexity index is 659. The smallest absolute Gasteiger partial charge is 0.343 e. The van der Waals surface area contributed by atoms with E-state index in [0.29, 0.717) is 23.3 Å². The zero-order valence-corrected chi connectivity index (χ0v) is 10.8. The van der Waals surface area contributed by atoms with Crippen LogP contribution in [0.5, 0.6) is 5.75 Å². The maximum absolute atomic E-state index is 12.1. The molecule has 1 unspecified atom stereocenters. The Hall–Kier alpha value is -1.81. The van der Waals surface area contributed by atoms with Gasteiger partial charge in [-0.05, 0) is 18.6 Å². The van der Waals surface area contributed by atoms with E-state index in [1.165, 1.54) is 0 Å². The largest absolute Gasteiger partial charge is 0.464 e. The number of aliphatic hydroxyl groups is 1. The van der Waals surface area contributed by atoms with Crippen LogP contribution in [0.2, 0.25) is 0 Å². The molecule has 0 radical (unpaired) electrons. The van der Waals surface area contributed by atoms with E-state index in [4.69, 9.17) is 9.15 Å². The summed E-state index contributed by atoms with van der Waals surface area (Å²) in [6.45, 7) is 2.06. The molecule has 0 amide bonds. The van der Waals surface area contributed by atoms with Crippen molar-refractivity contribution >= 4 is 11.0 Å². The lowest BCUT2D eigenvalue weighted by Gasteiger charge is -2.28. The quantitative estimate of drug-likeness (QED) is 0.843. The molecule has 3 rings (SSSR count). The average molecular weight is 260 g/mol. The van der Waals surface area contributed by atoms with Crippen LogP contribution in [0.15, 0.2) is 33.5 Å². The second-order valence-electron chi connectivity index (χ2n) is 4.92. The van der Waals surface area contributed by atoms with Crippen LogP contribution in [-0.4, -0.2) is 11.4 Å². The van der Waals surface area contributed by atoms with Crippen LogP contribution >= 0.6 is 0 Å². The van der Waals surface area contributed by atoms with Crippen LogP contribution in [0, 0.1) is 0 Å². The summed E-state index contributed by atoms with van der Waals surface area (Å²) in [6.07, 6.45) is 1.39. The van der Waals surface area contributed by atoms with Gasteiger partial charge in [0.05, 0.1) is 10.9 Å². The first kappa shape index (κ1) is 12.2. The average Bonchev–Trinajstić information content (AvgIpc) is 2.38. The summed E-state index contributed by atoms with van der Waals surface area (Å²) >= 11 is 0. The fraction of sp³-hybridized carbons (Fsp3) is 0.400. The predicted molar refractivity (Wildman–Crippen MR) is 71.4 cm³/mol. The summed E-state index contributed by atoms with van der Waals surface area (Å²) in [4.78, 5) is 12.1. The standard InChI is InChI=1S/C15H16O4/c1-2-5-9-8-12(16)19-14-10-6-3-4-7-11(10)18-15(17)13(9)14/h3-4,6-7,9,12,16H,2,5,8H2,1H3/t9-,12?/m1/s1. The molecule has 0 spiro atoms. The Labute approximate surface area is 110 Å². The molecule has 0 bridgehead atoms. The summed E-state index contributed by atoms with van der Waals surface area (Å²) in [6, 6.07) is 7.25. The fourth-order valence-electron chi connectivity index (χ4n) is 2.77. The van der Waals surface area contributed by atoms with Gasteiger partial charge in [0.2, 0.25) is 0 Å². The number of para-hydroxylation sites is 1. The summed E-state index contributed by atoms with van der Waals surface area (Å²) in [7, 11) is 0. The van der Waals surface area contributed by atoms with E-state index in [0.717, 1.165) is 18.2 Å². The Morgan fingerprint density at radius 2 is 2.16 bits per heavy atom. The fourth-order valence-corrected chi connectivity index (χ4v) is 2.77. The van der Waals surface area contributed by atoms with Crippen LogP contribution in [0.3, 0.4) is 0 Å². The number of benzene rings is 1. The first-order valence-electron chi connectivity index (χ1n) is 6.61. The van der Waals surface area contributed by atoms with Crippen molar-refractivity contribution in [2.24, 2.45) is 0 Å². The molecule has 2 heterocycles. The van der Waals surface area contributed by atoms with Crippen molar-refractivity contribution in [3.8, 4) is 5.75 Å². The summed E-state index contributed by atoms with van der Waals surface area (Å²) in [5.41, 5.74) is 0.723. The van der Waals surface area contributed by atoms with Gasteiger partial charge in [-0.2, -0.15) is 0 Å². The molecule has 2 atom stereocenters. The van der Waals surface area contributed by atoms with Crippen LogP contribution < -0.4 is 10.4 Å². The first-order chi connectivity index (χ1) is 9.20. The van der Waals surface area contributed by atoms with Gasteiger partial charge in [-0.3, -0.25) is 0 Å². The maximum Gasteiger partial charge on any atom is 0.343 e. The third-order valence-corrected chi connectivity index (χ3v) is 3.58. The van der Waals surface area contributed by atoms with E-state index < -0.39 is 6.29 Å². The molecule has 1 aliphatic rings. The molecule has 1 aromatic heterocycles. The van der Waals surface area contributed by atoms with Gasteiger partial charge in [-0.25, -0.2) is 4.79 Å². The van der Waals surface area contributed by atoms with Crippen LogP contribution in [0.4, 0.5) is 0 Å². The highest BCUT2D eigenvalue weighted by Crippen LogP contribution is 2.40. The highest BCUT2D eigenvalue weighted by atomic mass is 16.6. The van der Waals surface area contributed by atoms with Crippen molar-refractivity contribution in [3.63, 3.8) is 0 Å². The normalized spacial score (nSPS) is 22.0. The topological polar surface area (TPSA) is 59.7 Å². The molecule has 4 heteroatoms. The Morgan fingerprint density at radius 3 is 2.95 bits per heavy atom. The van der Waals surface area contributed by atoms with E-state index in [2.05, 4.69) is 6.92 Å². The zero-order valence-electron chi connectivity index (χ0n) is 10.8. The molecule has 1 N–H and O–H groups in total.